The maximum atomic E-state index is 14.3. The first kappa shape index (κ1) is 51.5. The summed E-state index contributed by atoms with van der Waals surface area (Å²) in [5.74, 6) is 2.71. The van der Waals surface area contributed by atoms with Gasteiger partial charge in [0.1, 0.15) is 0 Å². The van der Waals surface area contributed by atoms with E-state index in [0.29, 0.717) is 36.3 Å². The molecule has 0 bridgehead atoms. The number of allylic oxidation sites excluding steroid dienone is 1. The van der Waals surface area contributed by atoms with Crippen LogP contribution in [0, 0.1) is 0 Å². The fourth-order valence-electron chi connectivity index (χ4n) is 7.85. The zero-order valence-corrected chi connectivity index (χ0v) is 45.6. The van der Waals surface area contributed by atoms with Gasteiger partial charge in [-0.25, -0.2) is 0 Å². The molecule has 3 aromatic rings. The van der Waals surface area contributed by atoms with E-state index in [0.717, 1.165) is 41.7 Å². The Balaban J connectivity index is 1.94. The van der Waals surface area contributed by atoms with Crippen LogP contribution in [0.3, 0.4) is 0 Å². The molecule has 1 aliphatic heterocycles. The van der Waals surface area contributed by atoms with E-state index in [2.05, 4.69) is 107 Å². The number of rotatable bonds is 24. The van der Waals surface area contributed by atoms with Crippen molar-refractivity contribution < 1.29 is 32.6 Å². The van der Waals surface area contributed by atoms with Gasteiger partial charge >= 0.3 is 378 Å². The summed E-state index contributed by atoms with van der Waals surface area (Å²) in [6, 6.07) is 14.1. The molecule has 0 amide bonds. The van der Waals surface area contributed by atoms with Crippen LogP contribution in [-0.4, -0.2) is 71.6 Å². The Morgan fingerprint density at radius 3 is 1.90 bits per heavy atom. The van der Waals surface area contributed by atoms with Gasteiger partial charge in [-0.05, 0) is 0 Å². The summed E-state index contributed by atoms with van der Waals surface area (Å²) >= 11 is -3.26. The van der Waals surface area contributed by atoms with E-state index in [1.165, 1.54) is 36.2 Å². The Labute approximate surface area is 375 Å². The van der Waals surface area contributed by atoms with Crippen LogP contribution in [0.1, 0.15) is 126 Å². The number of unbranched alkanes of at least 4 members (excludes halogenated alkanes) is 3. The van der Waals surface area contributed by atoms with E-state index in [9.17, 15) is 9.90 Å². The second-order valence-electron chi connectivity index (χ2n) is 20.9. The van der Waals surface area contributed by atoms with E-state index in [1.54, 1.807) is 7.11 Å². The van der Waals surface area contributed by atoms with Crippen LogP contribution in [0.2, 0.25) is 49.6 Å². The number of hydrogen-bond acceptors (Lipinski definition) is 8. The summed E-state index contributed by atoms with van der Waals surface area (Å²) in [6.45, 7) is 31.4. The molecule has 8 nitrogen and oxygen atoms in total. The van der Waals surface area contributed by atoms with Crippen molar-refractivity contribution in [2.45, 2.75) is 201 Å². The number of hydrogen-bond donors (Lipinski definition) is 1. The topological polar surface area (TPSA) is 99.9 Å². The molecule has 1 saturated heterocycles. The fraction of sp³-hybridized carbons (Fsp3) is 0.660. The maximum absolute atomic E-state index is 14.3. The molecule has 342 valence electrons. The van der Waals surface area contributed by atoms with Crippen molar-refractivity contribution in [3.63, 3.8) is 0 Å². The van der Waals surface area contributed by atoms with Crippen molar-refractivity contribution in [3.8, 4) is 17.2 Å². The van der Waals surface area contributed by atoms with E-state index in [-0.39, 0.29) is 34.0 Å². The first-order chi connectivity index (χ1) is 28.5. The molecule has 0 saturated carbocycles. The third kappa shape index (κ3) is 13.7. The summed E-state index contributed by atoms with van der Waals surface area (Å²) in [5.41, 5.74) is 0.684. The van der Waals surface area contributed by atoms with Crippen molar-refractivity contribution in [1.82, 2.24) is 0 Å². The van der Waals surface area contributed by atoms with Crippen molar-refractivity contribution >= 4 is 45.8 Å². The van der Waals surface area contributed by atoms with Gasteiger partial charge in [0, 0.05) is 0 Å². The Morgan fingerprint density at radius 1 is 0.836 bits per heavy atom. The van der Waals surface area contributed by atoms with Crippen LogP contribution in [0.5, 0.6) is 17.2 Å². The summed E-state index contributed by atoms with van der Waals surface area (Å²) in [6.07, 6.45) is 9.49. The molecular formula is C50H82O8Si2Sn. The van der Waals surface area contributed by atoms with Gasteiger partial charge in [-0.15, -0.1) is 0 Å². The zero-order valence-electron chi connectivity index (χ0n) is 40.7. The molecule has 1 aliphatic rings. The predicted molar refractivity (Wildman–Crippen MR) is 261 cm³/mol. The SMILES string of the molecule is CCC[CH2][Sn]([CH2]CCC)([CH2]CCC)/[C](=C/Cc1cc2cc(O[Si](C)(C)C(C)(C)C)cc(O[Si](C)(C)C(C)(C)C)c2c(=O)o1)[C@@H](OCc1ccc(OC)cc1)[C@H]1O[C@@H]1C[C@H](C)O. The predicted octanol–water partition coefficient (Wildman–Crippen LogP) is 13.6. The van der Waals surface area contributed by atoms with Gasteiger partial charge in [0.25, 0.3) is 0 Å². The number of aliphatic hydroxyl groups excluding tert-OH is 1. The normalized spacial score (nSPS) is 17.7. The average Bonchev–Trinajstić information content (AvgIpc) is 3.92. The van der Waals surface area contributed by atoms with Crippen LogP contribution in [-0.2, 0) is 22.5 Å². The third-order valence-corrected chi connectivity index (χ3v) is 38.6. The molecule has 0 unspecified atom stereocenters. The Morgan fingerprint density at radius 2 is 1.39 bits per heavy atom. The van der Waals surface area contributed by atoms with Gasteiger partial charge in [-0.2, -0.15) is 0 Å². The number of epoxide rings is 1. The Bertz CT molecular complexity index is 1920. The van der Waals surface area contributed by atoms with Crippen LogP contribution < -0.4 is 19.2 Å². The molecule has 11 heteroatoms. The average molecular weight is 986 g/mol. The summed E-state index contributed by atoms with van der Waals surface area (Å²) in [7, 11) is -2.90. The zero-order chi connectivity index (χ0) is 45.4. The molecule has 0 spiro atoms. The Kier molecular flexibility index (Phi) is 18.4. The van der Waals surface area contributed by atoms with Gasteiger partial charge < -0.3 is 0 Å². The monoisotopic (exact) mass is 986 g/mol. The number of methoxy groups -OCH3 is 1. The number of ether oxygens (including phenoxy) is 3. The molecule has 61 heavy (non-hydrogen) atoms. The second-order valence-corrected chi connectivity index (χ2v) is 43.6. The van der Waals surface area contributed by atoms with Gasteiger partial charge in [-0.1, -0.05) is 0 Å². The molecule has 1 N–H and O–H groups in total. The number of fused-ring (bicyclic) bond motifs is 1. The third-order valence-electron chi connectivity index (χ3n) is 13.8. The van der Waals surface area contributed by atoms with E-state index < -0.39 is 41.1 Å². The van der Waals surface area contributed by atoms with Crippen molar-refractivity contribution in [1.29, 1.82) is 0 Å². The minimum absolute atomic E-state index is 0.0122. The van der Waals surface area contributed by atoms with Crippen molar-refractivity contribution in [2.75, 3.05) is 7.11 Å². The molecule has 1 aromatic heterocycles. The molecular weight excluding hydrogens is 903 g/mol. The van der Waals surface area contributed by atoms with Crippen LogP contribution in [0.25, 0.3) is 10.8 Å². The molecule has 1 fully saturated rings. The minimum atomic E-state index is -3.26. The van der Waals surface area contributed by atoms with E-state index in [1.807, 2.05) is 37.3 Å². The molecule has 4 rings (SSSR count). The number of aliphatic hydroxyl groups is 1. The molecule has 0 radical (unpaired) electrons. The first-order valence-electron chi connectivity index (χ1n) is 23.3. The van der Waals surface area contributed by atoms with Crippen molar-refractivity contribution in [3.05, 3.63) is 73.9 Å². The second kappa shape index (κ2) is 21.7. The Hall–Kier alpha value is -2.10. The van der Waals surface area contributed by atoms with Gasteiger partial charge in [-0.3, -0.25) is 0 Å². The summed E-state index contributed by atoms with van der Waals surface area (Å²) in [4.78, 5) is 14.3. The summed E-state index contributed by atoms with van der Waals surface area (Å²) in [5, 5.41) is 11.6. The van der Waals surface area contributed by atoms with Gasteiger partial charge in [0.2, 0.25) is 0 Å². The van der Waals surface area contributed by atoms with Gasteiger partial charge in [0.05, 0.1) is 0 Å². The molecule has 2 heterocycles. The molecule has 0 aliphatic carbocycles. The van der Waals surface area contributed by atoms with Crippen LogP contribution >= 0.6 is 0 Å². The van der Waals surface area contributed by atoms with E-state index in [4.69, 9.17) is 27.5 Å². The summed E-state index contributed by atoms with van der Waals surface area (Å²) < 4.78 is 44.4. The molecule has 2 aromatic carbocycles. The van der Waals surface area contributed by atoms with Gasteiger partial charge in [0.15, 0.2) is 0 Å². The van der Waals surface area contributed by atoms with Crippen LogP contribution in [0.15, 0.2) is 61.3 Å². The van der Waals surface area contributed by atoms with Crippen LogP contribution in [0.4, 0.5) is 0 Å². The number of benzene rings is 2. The molecule has 4 atom stereocenters. The standard InChI is InChI=1S/C38H55O8Si2.3C4H9.Sn/c1-25(39)20-33-35(44-33)31(42-24-26-16-18-28(41-8)19-17-26)15-13-14-29-21-27-22-30(45-47(9,10)37(2,3)4)23-32(34(27)36(40)43-29)46-48(11,12)38(5,6)7;3*1-3-4-2;/h13,16-19,21-23,25,31,33,35,39H,14,20,24H2,1-12H3;3*1,3-4H2,2H3;/t25-,31+,33+,35+;;;;/m0..../s1. The quantitative estimate of drug-likeness (QED) is 0.0700. The van der Waals surface area contributed by atoms with E-state index >= 15 is 0 Å². The fourth-order valence-corrected chi connectivity index (χ4v) is 27.3. The first-order valence-corrected chi connectivity index (χ1v) is 36.6. The van der Waals surface area contributed by atoms with Crippen molar-refractivity contribution in [2.24, 2.45) is 0 Å².